The summed E-state index contributed by atoms with van der Waals surface area (Å²) in [5.41, 5.74) is 4.27. The Hall–Kier alpha value is -0.410. The molecule has 0 fully saturated rings. The van der Waals surface area contributed by atoms with E-state index in [1.54, 1.807) is 11.3 Å². The fourth-order valence-electron chi connectivity index (χ4n) is 1.41. The van der Waals surface area contributed by atoms with Crippen LogP contribution in [0.5, 0.6) is 0 Å². The normalized spacial score (nSPS) is 15.8. The zero-order chi connectivity index (χ0) is 10.6. The lowest BCUT2D eigenvalue weighted by molar-refractivity contribution is 0.0996. The first-order valence-electron chi connectivity index (χ1n) is 5.00. The summed E-state index contributed by atoms with van der Waals surface area (Å²) in [4.78, 5) is 1.24. The molecule has 1 aromatic rings. The summed E-state index contributed by atoms with van der Waals surface area (Å²) in [5, 5.41) is 2.02. The Kier molecular flexibility index (Phi) is 4.08. The van der Waals surface area contributed by atoms with E-state index < -0.39 is 5.67 Å². The Bertz CT molecular complexity index is 258. The number of hydrogen-bond acceptors (Lipinski definition) is 2. The predicted octanol–water partition coefficient (Wildman–Crippen LogP) is 3.00. The number of hydrogen-bond donors (Lipinski definition) is 1. The van der Waals surface area contributed by atoms with E-state index >= 15 is 0 Å². The van der Waals surface area contributed by atoms with E-state index in [1.165, 1.54) is 4.88 Å². The second kappa shape index (κ2) is 4.89. The number of halogens is 1. The molecule has 2 N–H and O–H groups in total. The zero-order valence-electron chi connectivity index (χ0n) is 8.79. The lowest BCUT2D eigenvalue weighted by Crippen LogP contribution is -2.38. The van der Waals surface area contributed by atoms with E-state index in [2.05, 4.69) is 0 Å². The molecule has 1 nitrogen and oxygen atoms in total. The fourth-order valence-corrected chi connectivity index (χ4v) is 2.12. The quantitative estimate of drug-likeness (QED) is 0.803. The third-order valence-corrected chi connectivity index (χ3v) is 3.68. The Balaban J connectivity index is 2.50. The Morgan fingerprint density at radius 1 is 1.57 bits per heavy atom. The molecule has 1 rings (SSSR count). The summed E-state index contributed by atoms with van der Waals surface area (Å²) < 4.78 is 14.1. The molecular formula is C11H18FNS. The maximum absolute atomic E-state index is 14.1. The van der Waals surface area contributed by atoms with Gasteiger partial charge in [0.15, 0.2) is 0 Å². The van der Waals surface area contributed by atoms with Crippen LogP contribution in [0, 0.1) is 5.92 Å². The van der Waals surface area contributed by atoms with Gasteiger partial charge in [-0.05, 0) is 30.2 Å². The molecule has 0 bridgehead atoms. The highest BCUT2D eigenvalue weighted by Gasteiger charge is 2.31. The van der Waals surface area contributed by atoms with Gasteiger partial charge in [0.05, 0.1) is 0 Å². The summed E-state index contributed by atoms with van der Waals surface area (Å²) in [5.74, 6) is -0.00698. The Morgan fingerprint density at radius 3 is 2.71 bits per heavy atom. The predicted molar refractivity (Wildman–Crippen MR) is 60.4 cm³/mol. The SMILES string of the molecule is CC(C)C(F)(CN)CCc1cccs1. The standard InChI is InChI=1S/C11H18FNS/c1-9(2)11(12,8-13)6-5-10-4-3-7-14-10/h3-4,7,9H,5-6,8,13H2,1-2H3. The van der Waals surface area contributed by atoms with Gasteiger partial charge in [-0.25, -0.2) is 4.39 Å². The van der Waals surface area contributed by atoms with Crippen LogP contribution < -0.4 is 5.73 Å². The second-order valence-electron chi connectivity index (χ2n) is 3.97. The van der Waals surface area contributed by atoms with Crippen molar-refractivity contribution in [1.29, 1.82) is 0 Å². The average Bonchev–Trinajstić information content (AvgIpc) is 2.66. The molecule has 1 unspecified atom stereocenters. The van der Waals surface area contributed by atoms with Gasteiger partial charge >= 0.3 is 0 Å². The topological polar surface area (TPSA) is 26.0 Å². The molecule has 0 saturated carbocycles. The first-order valence-corrected chi connectivity index (χ1v) is 5.88. The number of nitrogens with two attached hydrogens (primary N) is 1. The van der Waals surface area contributed by atoms with Crippen molar-refractivity contribution in [2.75, 3.05) is 6.54 Å². The van der Waals surface area contributed by atoms with Gasteiger partial charge < -0.3 is 5.73 Å². The molecule has 1 heterocycles. The van der Waals surface area contributed by atoms with Crippen molar-refractivity contribution < 1.29 is 4.39 Å². The molecule has 0 aliphatic heterocycles. The van der Waals surface area contributed by atoms with E-state index in [0.717, 1.165) is 6.42 Å². The monoisotopic (exact) mass is 215 g/mol. The van der Waals surface area contributed by atoms with Crippen molar-refractivity contribution in [2.24, 2.45) is 11.7 Å². The first-order chi connectivity index (χ1) is 6.58. The summed E-state index contributed by atoms with van der Waals surface area (Å²) in [7, 11) is 0. The molecule has 14 heavy (non-hydrogen) atoms. The number of aryl methyl sites for hydroxylation is 1. The number of thiophene rings is 1. The van der Waals surface area contributed by atoms with Gasteiger partial charge in [0, 0.05) is 11.4 Å². The van der Waals surface area contributed by atoms with E-state index in [0.29, 0.717) is 6.42 Å². The second-order valence-corrected chi connectivity index (χ2v) is 5.01. The van der Waals surface area contributed by atoms with E-state index in [4.69, 9.17) is 5.73 Å². The minimum absolute atomic E-state index is 0.00698. The van der Waals surface area contributed by atoms with Crippen LogP contribution in [0.25, 0.3) is 0 Å². The molecule has 0 amide bonds. The van der Waals surface area contributed by atoms with Crippen LogP contribution in [-0.4, -0.2) is 12.2 Å². The van der Waals surface area contributed by atoms with E-state index in [1.807, 2.05) is 31.4 Å². The summed E-state index contributed by atoms with van der Waals surface area (Å²) >= 11 is 1.68. The van der Waals surface area contributed by atoms with Crippen molar-refractivity contribution in [3.05, 3.63) is 22.4 Å². The van der Waals surface area contributed by atoms with E-state index in [-0.39, 0.29) is 12.5 Å². The summed E-state index contributed by atoms with van der Waals surface area (Å²) in [6, 6.07) is 4.04. The number of alkyl halides is 1. The molecular weight excluding hydrogens is 197 g/mol. The van der Waals surface area contributed by atoms with Crippen molar-refractivity contribution >= 4 is 11.3 Å². The van der Waals surface area contributed by atoms with Gasteiger partial charge in [0.1, 0.15) is 5.67 Å². The molecule has 0 radical (unpaired) electrons. The van der Waals surface area contributed by atoms with Crippen molar-refractivity contribution in [1.82, 2.24) is 0 Å². The molecule has 0 aliphatic carbocycles. The van der Waals surface area contributed by atoms with Crippen LogP contribution in [0.3, 0.4) is 0 Å². The minimum atomic E-state index is -1.20. The smallest absolute Gasteiger partial charge is 0.125 e. The first kappa shape index (κ1) is 11.7. The molecule has 1 aromatic heterocycles. The number of rotatable bonds is 5. The molecule has 3 heteroatoms. The van der Waals surface area contributed by atoms with E-state index in [9.17, 15) is 4.39 Å². The van der Waals surface area contributed by atoms with Gasteiger partial charge in [-0.2, -0.15) is 0 Å². The molecule has 0 aliphatic rings. The largest absolute Gasteiger partial charge is 0.328 e. The van der Waals surface area contributed by atoms with Gasteiger partial charge in [-0.1, -0.05) is 19.9 Å². The van der Waals surface area contributed by atoms with Gasteiger partial charge in [-0.3, -0.25) is 0 Å². The van der Waals surface area contributed by atoms with Crippen LogP contribution in [0.15, 0.2) is 17.5 Å². The highest BCUT2D eigenvalue weighted by atomic mass is 32.1. The zero-order valence-corrected chi connectivity index (χ0v) is 9.61. The summed E-state index contributed by atoms with van der Waals surface area (Å²) in [6.07, 6.45) is 1.32. The highest BCUT2D eigenvalue weighted by molar-refractivity contribution is 7.09. The third kappa shape index (κ3) is 2.79. The van der Waals surface area contributed by atoms with Crippen LogP contribution in [0.4, 0.5) is 4.39 Å². The maximum atomic E-state index is 14.1. The van der Waals surface area contributed by atoms with Crippen molar-refractivity contribution in [3.8, 4) is 0 Å². The molecule has 1 atom stereocenters. The Labute approximate surface area is 89.1 Å². The minimum Gasteiger partial charge on any atom is -0.328 e. The maximum Gasteiger partial charge on any atom is 0.125 e. The lowest BCUT2D eigenvalue weighted by Gasteiger charge is -2.27. The summed E-state index contributed by atoms with van der Waals surface area (Å²) in [6.45, 7) is 3.90. The van der Waals surface area contributed by atoms with Gasteiger partial charge in [-0.15, -0.1) is 11.3 Å². The Morgan fingerprint density at radius 2 is 2.29 bits per heavy atom. The van der Waals surface area contributed by atoms with Gasteiger partial charge in [0.2, 0.25) is 0 Å². The van der Waals surface area contributed by atoms with Crippen LogP contribution in [-0.2, 0) is 6.42 Å². The van der Waals surface area contributed by atoms with Crippen molar-refractivity contribution in [2.45, 2.75) is 32.4 Å². The lowest BCUT2D eigenvalue weighted by atomic mass is 9.87. The molecule has 0 saturated heterocycles. The van der Waals surface area contributed by atoms with Crippen molar-refractivity contribution in [3.63, 3.8) is 0 Å². The fraction of sp³-hybridized carbons (Fsp3) is 0.636. The van der Waals surface area contributed by atoms with Crippen LogP contribution in [0.1, 0.15) is 25.1 Å². The van der Waals surface area contributed by atoms with Crippen LogP contribution >= 0.6 is 11.3 Å². The molecule has 0 spiro atoms. The molecule has 80 valence electrons. The molecule has 0 aromatic carbocycles. The third-order valence-electron chi connectivity index (χ3n) is 2.74. The van der Waals surface area contributed by atoms with Gasteiger partial charge in [0.25, 0.3) is 0 Å². The average molecular weight is 215 g/mol. The van der Waals surface area contributed by atoms with Crippen LogP contribution in [0.2, 0.25) is 0 Å². The highest BCUT2D eigenvalue weighted by Crippen LogP contribution is 2.27.